The molecule has 1 atom stereocenters. The van der Waals surface area contributed by atoms with E-state index >= 15 is 0 Å². The number of benzene rings is 3. The van der Waals surface area contributed by atoms with Crippen LogP contribution in [0, 0.1) is 6.92 Å². The standard InChI is InChI=1S/C38H48N6O5Si/c1-7-14-29(21-22-49-50(38(3,4)5,30-15-10-8-11-16-30)31-17-12-9-13-18-31)39-35-34-33(40-36(41-35)42-37(46)47)26(2)43-44(34)24-28-20-19-27(25-45)23-32(28)48-6/h8-13,15-20,23,29,45H,7,14,21-22,24-25H2,1-6H3,(H,46,47)(H2,39,40,41,42). The number of carboxylic acid groups (broad SMARTS) is 1. The van der Waals surface area contributed by atoms with Gasteiger partial charge in [0.05, 0.1) is 26.0 Å². The van der Waals surface area contributed by atoms with Crippen LogP contribution in [0.3, 0.4) is 0 Å². The molecule has 5 aromatic rings. The summed E-state index contributed by atoms with van der Waals surface area (Å²) in [6.07, 6.45) is 1.19. The third-order valence-electron chi connectivity index (χ3n) is 9.01. The summed E-state index contributed by atoms with van der Waals surface area (Å²) in [5.74, 6) is 1.08. The van der Waals surface area contributed by atoms with Crippen LogP contribution in [0.4, 0.5) is 16.6 Å². The number of hydrogen-bond acceptors (Lipinski definition) is 8. The van der Waals surface area contributed by atoms with E-state index in [1.807, 2.05) is 41.9 Å². The first kappa shape index (κ1) is 36.5. The topological polar surface area (TPSA) is 144 Å². The Labute approximate surface area is 294 Å². The van der Waals surface area contributed by atoms with Gasteiger partial charge in [0.15, 0.2) is 5.82 Å². The van der Waals surface area contributed by atoms with Crippen LogP contribution in [0.25, 0.3) is 11.0 Å². The fourth-order valence-electron chi connectivity index (χ4n) is 6.72. The highest BCUT2D eigenvalue weighted by molar-refractivity contribution is 6.99. The zero-order valence-electron chi connectivity index (χ0n) is 29.7. The third-order valence-corrected chi connectivity index (χ3v) is 14.1. The number of nitrogens with one attached hydrogen (secondary N) is 2. The van der Waals surface area contributed by atoms with Gasteiger partial charge in [0.2, 0.25) is 5.95 Å². The highest BCUT2D eigenvalue weighted by atomic mass is 28.4. The number of fused-ring (bicyclic) bond motifs is 1. The van der Waals surface area contributed by atoms with Crippen molar-refractivity contribution in [2.24, 2.45) is 0 Å². The molecule has 0 saturated heterocycles. The number of methoxy groups -OCH3 is 1. The smallest absolute Gasteiger partial charge is 0.411 e. The summed E-state index contributed by atoms with van der Waals surface area (Å²) in [5, 5.41) is 32.3. The Balaban J connectivity index is 1.51. The largest absolute Gasteiger partial charge is 0.496 e. The van der Waals surface area contributed by atoms with E-state index in [0.717, 1.165) is 24.0 Å². The van der Waals surface area contributed by atoms with E-state index in [2.05, 4.69) is 96.8 Å². The van der Waals surface area contributed by atoms with Gasteiger partial charge in [0, 0.05) is 18.2 Å². The van der Waals surface area contributed by atoms with Crippen LogP contribution in [-0.4, -0.2) is 64.1 Å². The van der Waals surface area contributed by atoms with Crippen LogP contribution < -0.4 is 25.7 Å². The van der Waals surface area contributed by atoms with Crippen molar-refractivity contribution in [3.8, 4) is 5.75 Å². The number of aliphatic hydroxyl groups is 1. The summed E-state index contributed by atoms with van der Waals surface area (Å²) in [6.45, 7) is 11.5. The minimum absolute atomic E-state index is 0.0289. The highest BCUT2D eigenvalue weighted by Gasteiger charge is 2.50. The average molecular weight is 697 g/mol. The molecule has 0 fully saturated rings. The van der Waals surface area contributed by atoms with E-state index in [1.165, 1.54) is 10.4 Å². The van der Waals surface area contributed by atoms with Gasteiger partial charge >= 0.3 is 6.09 Å². The normalized spacial score (nSPS) is 12.5. The lowest BCUT2D eigenvalue weighted by atomic mass is 10.1. The number of aryl methyl sites for hydroxylation is 1. The highest BCUT2D eigenvalue weighted by Crippen LogP contribution is 2.37. The monoisotopic (exact) mass is 696 g/mol. The van der Waals surface area contributed by atoms with Gasteiger partial charge in [0.1, 0.15) is 16.8 Å². The van der Waals surface area contributed by atoms with Crippen molar-refractivity contribution in [2.45, 2.75) is 78.1 Å². The molecule has 11 nitrogen and oxygen atoms in total. The molecule has 1 unspecified atom stereocenters. The fraction of sp³-hybridized carbons (Fsp3) is 0.368. The number of anilines is 2. The predicted octanol–water partition coefficient (Wildman–Crippen LogP) is 6.32. The summed E-state index contributed by atoms with van der Waals surface area (Å²) in [4.78, 5) is 20.9. The minimum atomic E-state index is -2.74. The molecule has 5 rings (SSSR count). The van der Waals surface area contributed by atoms with Crippen LogP contribution >= 0.6 is 0 Å². The molecule has 2 heterocycles. The van der Waals surface area contributed by atoms with Crippen molar-refractivity contribution >= 4 is 47.6 Å². The first-order valence-corrected chi connectivity index (χ1v) is 18.9. The Bertz CT molecular complexity index is 1860. The number of amides is 1. The van der Waals surface area contributed by atoms with E-state index in [1.54, 1.807) is 7.11 Å². The van der Waals surface area contributed by atoms with Crippen molar-refractivity contribution < 1.29 is 24.2 Å². The minimum Gasteiger partial charge on any atom is -0.496 e. The second kappa shape index (κ2) is 15.8. The van der Waals surface area contributed by atoms with Crippen LogP contribution in [0.15, 0.2) is 78.9 Å². The maximum absolute atomic E-state index is 11.7. The van der Waals surface area contributed by atoms with Crippen molar-refractivity contribution in [2.75, 3.05) is 24.4 Å². The Morgan fingerprint density at radius 1 is 0.980 bits per heavy atom. The van der Waals surface area contributed by atoms with Gasteiger partial charge in [-0.1, -0.05) is 107 Å². The van der Waals surface area contributed by atoms with Gasteiger partial charge in [-0.25, -0.2) is 9.78 Å². The van der Waals surface area contributed by atoms with Crippen LogP contribution in [0.2, 0.25) is 5.04 Å². The van der Waals surface area contributed by atoms with E-state index in [0.29, 0.717) is 47.9 Å². The molecule has 2 aromatic heterocycles. The van der Waals surface area contributed by atoms with Gasteiger partial charge in [-0.05, 0) is 46.8 Å². The molecule has 0 saturated carbocycles. The Morgan fingerprint density at radius 2 is 1.64 bits per heavy atom. The lowest BCUT2D eigenvalue weighted by molar-refractivity contribution is 0.209. The van der Waals surface area contributed by atoms with E-state index in [9.17, 15) is 15.0 Å². The van der Waals surface area contributed by atoms with Gasteiger partial charge in [0.25, 0.3) is 8.32 Å². The number of hydrogen-bond donors (Lipinski definition) is 4. The molecule has 3 aromatic carbocycles. The molecule has 4 N–H and O–H groups in total. The van der Waals surface area contributed by atoms with E-state index < -0.39 is 14.4 Å². The molecule has 0 bridgehead atoms. The second-order valence-electron chi connectivity index (χ2n) is 13.5. The molecular weight excluding hydrogens is 649 g/mol. The first-order valence-electron chi connectivity index (χ1n) is 17.0. The second-order valence-corrected chi connectivity index (χ2v) is 17.8. The Kier molecular flexibility index (Phi) is 11.6. The molecule has 0 spiro atoms. The number of rotatable bonds is 15. The third kappa shape index (κ3) is 7.82. The summed E-state index contributed by atoms with van der Waals surface area (Å²) < 4.78 is 14.7. The van der Waals surface area contributed by atoms with Crippen molar-refractivity contribution in [3.63, 3.8) is 0 Å². The van der Waals surface area contributed by atoms with E-state index in [4.69, 9.17) is 14.3 Å². The number of aliphatic hydroxyl groups excluding tert-OH is 1. The van der Waals surface area contributed by atoms with Crippen LogP contribution in [0.5, 0.6) is 5.75 Å². The molecule has 0 aliphatic heterocycles. The Hall–Kier alpha value is -4.78. The quantitative estimate of drug-likeness (QED) is 0.0925. The average Bonchev–Trinajstić information content (AvgIpc) is 3.41. The predicted molar refractivity (Wildman–Crippen MR) is 200 cm³/mol. The number of carbonyl (C=O) groups is 1. The van der Waals surface area contributed by atoms with Crippen LogP contribution in [0.1, 0.15) is 63.8 Å². The summed E-state index contributed by atoms with van der Waals surface area (Å²) >= 11 is 0. The summed E-state index contributed by atoms with van der Waals surface area (Å²) in [6, 6.07) is 26.7. The van der Waals surface area contributed by atoms with Crippen LogP contribution in [-0.2, 0) is 17.6 Å². The molecular formula is C38H48N6O5Si. The number of aromatic nitrogens is 4. The van der Waals surface area contributed by atoms with Gasteiger partial charge in [-0.2, -0.15) is 10.1 Å². The fourth-order valence-corrected chi connectivity index (χ4v) is 11.3. The number of nitrogens with zero attached hydrogens (tertiary/aromatic N) is 4. The molecule has 50 heavy (non-hydrogen) atoms. The maximum Gasteiger partial charge on any atom is 0.411 e. The zero-order chi connectivity index (χ0) is 35.9. The molecule has 12 heteroatoms. The Morgan fingerprint density at radius 3 is 2.20 bits per heavy atom. The SMILES string of the molecule is CCCC(CCO[Si](c1ccccc1)(c1ccccc1)C(C)(C)C)Nc1nc(NC(=O)O)nc2c(C)nn(Cc3ccc(CO)cc3OC)c12. The molecule has 1 amide bonds. The molecule has 0 radical (unpaired) electrons. The van der Waals surface area contributed by atoms with Crippen molar-refractivity contribution in [1.29, 1.82) is 0 Å². The number of ether oxygens (including phenoxy) is 1. The molecule has 0 aliphatic rings. The lowest BCUT2D eigenvalue weighted by Crippen LogP contribution is -2.66. The molecule has 0 aliphatic carbocycles. The zero-order valence-corrected chi connectivity index (χ0v) is 30.7. The van der Waals surface area contributed by atoms with Crippen molar-refractivity contribution in [3.05, 3.63) is 95.7 Å². The van der Waals surface area contributed by atoms with Crippen molar-refractivity contribution in [1.82, 2.24) is 19.7 Å². The maximum atomic E-state index is 11.7. The summed E-state index contributed by atoms with van der Waals surface area (Å²) in [5.41, 5.74) is 3.42. The van der Waals surface area contributed by atoms with Gasteiger partial charge < -0.3 is 24.7 Å². The first-order chi connectivity index (χ1) is 24.0. The lowest BCUT2D eigenvalue weighted by Gasteiger charge is -2.43. The van der Waals surface area contributed by atoms with Gasteiger partial charge in [-0.15, -0.1) is 0 Å². The molecule has 264 valence electrons. The summed E-state index contributed by atoms with van der Waals surface area (Å²) in [7, 11) is -1.14. The van der Waals surface area contributed by atoms with Gasteiger partial charge in [-0.3, -0.25) is 10.00 Å². The van der Waals surface area contributed by atoms with E-state index in [-0.39, 0.29) is 23.6 Å².